The van der Waals surface area contributed by atoms with Crippen LogP contribution in [-0.2, 0) is 9.53 Å². The van der Waals surface area contributed by atoms with E-state index in [2.05, 4.69) is 16.8 Å². The van der Waals surface area contributed by atoms with Crippen LogP contribution in [0.1, 0.15) is 12.0 Å². The van der Waals surface area contributed by atoms with Gasteiger partial charge in [-0.25, -0.2) is 4.79 Å². The molecule has 3 rings (SSSR count). The van der Waals surface area contributed by atoms with E-state index in [0.29, 0.717) is 18.8 Å². The molecule has 0 aliphatic carbocycles. The van der Waals surface area contributed by atoms with Gasteiger partial charge in [0.05, 0.1) is 13.2 Å². The van der Waals surface area contributed by atoms with Gasteiger partial charge in [-0.15, -0.1) is 15.0 Å². The number of aryl methyl sites for hydroxylation is 1. The van der Waals surface area contributed by atoms with Gasteiger partial charge in [-0.05, 0) is 36.8 Å². The molecule has 0 N–H and O–H groups in total. The predicted molar refractivity (Wildman–Crippen MR) is 94.9 cm³/mol. The van der Waals surface area contributed by atoms with E-state index >= 15 is 0 Å². The maximum atomic E-state index is 11.0. The van der Waals surface area contributed by atoms with Crippen molar-refractivity contribution in [2.24, 2.45) is 0 Å². The summed E-state index contributed by atoms with van der Waals surface area (Å²) in [7, 11) is 0. The van der Waals surface area contributed by atoms with E-state index in [1.165, 1.54) is 0 Å². The van der Waals surface area contributed by atoms with Crippen LogP contribution in [0.15, 0.2) is 55.1 Å². The minimum atomic E-state index is -0.427. The highest BCUT2D eigenvalue weighted by molar-refractivity contribution is 5.81. The standard InChI is InChI=1S/C19H19N3O3/c1-3-19(23)25-12-6-11-24-18-10-9-14(2)13-17(18)22-20-15-7-4-5-8-16(15)21-22/h3-5,7-10,13H,1,6,11-12H2,2H3. The summed E-state index contributed by atoms with van der Waals surface area (Å²) in [5, 5.41) is 9.02. The SMILES string of the molecule is C=CC(=O)OCCCOc1ccc(C)cc1-n1nc2ccccc2n1. The summed E-state index contributed by atoms with van der Waals surface area (Å²) in [6, 6.07) is 13.5. The predicted octanol–water partition coefficient (Wildman–Crippen LogP) is 3.23. The monoisotopic (exact) mass is 337 g/mol. The summed E-state index contributed by atoms with van der Waals surface area (Å²) in [4.78, 5) is 12.6. The average Bonchev–Trinajstić information content (AvgIpc) is 3.06. The number of rotatable bonds is 7. The summed E-state index contributed by atoms with van der Waals surface area (Å²) in [5.41, 5.74) is 3.51. The molecular weight excluding hydrogens is 318 g/mol. The molecule has 3 aromatic rings. The molecule has 2 aromatic carbocycles. The van der Waals surface area contributed by atoms with Crippen LogP contribution in [0, 0.1) is 6.92 Å². The Kier molecular flexibility index (Phi) is 5.09. The largest absolute Gasteiger partial charge is 0.491 e. The molecule has 1 heterocycles. The number of aromatic nitrogens is 3. The molecule has 0 atom stereocenters. The highest BCUT2D eigenvalue weighted by Gasteiger charge is 2.10. The number of hydrogen-bond donors (Lipinski definition) is 0. The van der Waals surface area contributed by atoms with Crippen molar-refractivity contribution in [2.45, 2.75) is 13.3 Å². The maximum Gasteiger partial charge on any atom is 0.330 e. The zero-order chi connectivity index (χ0) is 17.6. The minimum absolute atomic E-state index is 0.288. The van der Waals surface area contributed by atoms with Crippen LogP contribution in [0.3, 0.4) is 0 Å². The first-order valence-electron chi connectivity index (χ1n) is 8.02. The first kappa shape index (κ1) is 16.7. The Hall–Kier alpha value is -3.15. The molecular formula is C19H19N3O3. The van der Waals surface area contributed by atoms with Crippen LogP contribution in [0.4, 0.5) is 0 Å². The molecule has 6 heteroatoms. The molecule has 0 amide bonds. The fourth-order valence-corrected chi connectivity index (χ4v) is 2.35. The van der Waals surface area contributed by atoms with Crippen molar-refractivity contribution in [3.8, 4) is 11.4 Å². The summed E-state index contributed by atoms with van der Waals surface area (Å²) < 4.78 is 10.8. The molecule has 0 saturated heterocycles. The van der Waals surface area contributed by atoms with Crippen LogP contribution < -0.4 is 4.74 Å². The summed E-state index contributed by atoms with van der Waals surface area (Å²) in [6.45, 7) is 6.07. The van der Waals surface area contributed by atoms with E-state index in [1.807, 2.05) is 49.4 Å². The van der Waals surface area contributed by atoms with Gasteiger partial charge in [0.2, 0.25) is 0 Å². The second-order valence-electron chi connectivity index (χ2n) is 5.52. The lowest BCUT2D eigenvalue weighted by Crippen LogP contribution is -2.09. The molecule has 6 nitrogen and oxygen atoms in total. The zero-order valence-corrected chi connectivity index (χ0v) is 14.0. The molecule has 0 bridgehead atoms. The molecule has 0 fully saturated rings. The van der Waals surface area contributed by atoms with Gasteiger partial charge >= 0.3 is 5.97 Å². The summed E-state index contributed by atoms with van der Waals surface area (Å²) in [5.74, 6) is 0.254. The van der Waals surface area contributed by atoms with Gasteiger partial charge in [-0.3, -0.25) is 0 Å². The van der Waals surface area contributed by atoms with Crippen molar-refractivity contribution < 1.29 is 14.3 Å². The molecule has 0 spiro atoms. The van der Waals surface area contributed by atoms with Crippen molar-refractivity contribution in [3.05, 3.63) is 60.7 Å². The number of esters is 1. The second kappa shape index (κ2) is 7.61. The van der Waals surface area contributed by atoms with Crippen molar-refractivity contribution in [3.63, 3.8) is 0 Å². The molecule has 0 unspecified atom stereocenters. The van der Waals surface area contributed by atoms with Gasteiger partial charge in [0.15, 0.2) is 0 Å². The zero-order valence-electron chi connectivity index (χ0n) is 14.0. The quantitative estimate of drug-likeness (QED) is 0.376. The maximum absolute atomic E-state index is 11.0. The van der Waals surface area contributed by atoms with Crippen molar-refractivity contribution in [2.75, 3.05) is 13.2 Å². The van der Waals surface area contributed by atoms with Gasteiger partial charge in [-0.1, -0.05) is 24.8 Å². The first-order chi connectivity index (χ1) is 12.2. The fourth-order valence-electron chi connectivity index (χ4n) is 2.35. The van der Waals surface area contributed by atoms with Crippen LogP contribution in [0.5, 0.6) is 5.75 Å². The van der Waals surface area contributed by atoms with Crippen molar-refractivity contribution >= 4 is 17.0 Å². The highest BCUT2D eigenvalue weighted by atomic mass is 16.5. The molecule has 0 aliphatic rings. The molecule has 0 saturated carbocycles. The van der Waals surface area contributed by atoms with Gasteiger partial charge < -0.3 is 9.47 Å². The highest BCUT2D eigenvalue weighted by Crippen LogP contribution is 2.24. The number of nitrogens with zero attached hydrogens (tertiary/aromatic N) is 3. The van der Waals surface area contributed by atoms with E-state index in [1.54, 1.807) is 4.80 Å². The van der Waals surface area contributed by atoms with Gasteiger partial charge in [-0.2, -0.15) is 0 Å². The molecule has 1 aromatic heterocycles. The number of carbonyl (C=O) groups is 1. The fraction of sp³-hybridized carbons (Fsp3) is 0.211. The van der Waals surface area contributed by atoms with E-state index in [0.717, 1.165) is 28.4 Å². The Morgan fingerprint density at radius 3 is 2.56 bits per heavy atom. The van der Waals surface area contributed by atoms with Gasteiger partial charge in [0, 0.05) is 12.5 Å². The third-order valence-electron chi connectivity index (χ3n) is 3.57. The second-order valence-corrected chi connectivity index (χ2v) is 5.52. The van der Waals surface area contributed by atoms with Gasteiger partial charge in [0.25, 0.3) is 0 Å². The number of carbonyl (C=O) groups excluding carboxylic acids is 1. The van der Waals surface area contributed by atoms with E-state index in [-0.39, 0.29) is 6.61 Å². The molecule has 128 valence electrons. The third kappa shape index (κ3) is 4.03. The van der Waals surface area contributed by atoms with Crippen LogP contribution >= 0.6 is 0 Å². The average molecular weight is 337 g/mol. The Balaban J connectivity index is 1.74. The Bertz CT molecular complexity index is 869. The topological polar surface area (TPSA) is 66.2 Å². The lowest BCUT2D eigenvalue weighted by Gasteiger charge is -2.11. The van der Waals surface area contributed by atoms with Crippen molar-refractivity contribution in [1.82, 2.24) is 15.0 Å². The Labute approximate surface area is 145 Å². The van der Waals surface area contributed by atoms with Crippen LogP contribution in [0.25, 0.3) is 16.7 Å². The van der Waals surface area contributed by atoms with E-state index < -0.39 is 5.97 Å². The first-order valence-corrected chi connectivity index (χ1v) is 8.02. The Morgan fingerprint density at radius 1 is 1.16 bits per heavy atom. The van der Waals surface area contributed by atoms with Gasteiger partial charge in [0.1, 0.15) is 22.5 Å². The number of hydrogen-bond acceptors (Lipinski definition) is 5. The minimum Gasteiger partial charge on any atom is -0.491 e. The lowest BCUT2D eigenvalue weighted by molar-refractivity contribution is -0.137. The number of fused-ring (bicyclic) bond motifs is 1. The summed E-state index contributed by atoms with van der Waals surface area (Å²) in [6.07, 6.45) is 1.73. The smallest absolute Gasteiger partial charge is 0.330 e. The normalized spacial score (nSPS) is 10.6. The molecule has 25 heavy (non-hydrogen) atoms. The van der Waals surface area contributed by atoms with E-state index in [4.69, 9.17) is 9.47 Å². The molecule has 0 radical (unpaired) electrons. The lowest BCUT2D eigenvalue weighted by atomic mass is 10.2. The Morgan fingerprint density at radius 2 is 1.88 bits per heavy atom. The summed E-state index contributed by atoms with van der Waals surface area (Å²) >= 11 is 0. The van der Waals surface area contributed by atoms with Crippen molar-refractivity contribution in [1.29, 1.82) is 0 Å². The number of benzene rings is 2. The van der Waals surface area contributed by atoms with E-state index in [9.17, 15) is 4.79 Å². The van der Waals surface area contributed by atoms with Crippen LogP contribution in [0.2, 0.25) is 0 Å². The number of ether oxygens (including phenoxy) is 2. The third-order valence-corrected chi connectivity index (χ3v) is 3.57. The molecule has 0 aliphatic heterocycles. The van der Waals surface area contributed by atoms with Crippen LogP contribution in [-0.4, -0.2) is 34.2 Å².